The lowest BCUT2D eigenvalue weighted by Gasteiger charge is -2.41. The number of rotatable bonds is 6. The van der Waals surface area contributed by atoms with Crippen LogP contribution >= 0.6 is 11.6 Å². The lowest BCUT2D eigenvalue weighted by molar-refractivity contribution is -0.133. The Kier molecular flexibility index (Phi) is 6.71. The Labute approximate surface area is 205 Å². The molecule has 3 aromatic carbocycles. The van der Waals surface area contributed by atoms with Crippen molar-refractivity contribution in [1.29, 1.82) is 0 Å². The van der Waals surface area contributed by atoms with Gasteiger partial charge in [-0.25, -0.2) is 0 Å². The molecule has 0 aromatic heterocycles. The fourth-order valence-corrected chi connectivity index (χ4v) is 5.25. The molecule has 1 aliphatic rings. The average Bonchev–Trinajstić information content (AvgIpc) is 3.09. The minimum atomic E-state index is -1.96. The Balaban J connectivity index is 2.00. The molecule has 1 aliphatic heterocycles. The van der Waals surface area contributed by atoms with E-state index in [2.05, 4.69) is 11.8 Å². The Bertz CT molecular complexity index is 1300. The number of anilines is 1. The zero-order valence-electron chi connectivity index (χ0n) is 19.4. The number of halogens is 1. The summed E-state index contributed by atoms with van der Waals surface area (Å²) >= 11 is 6.76. The summed E-state index contributed by atoms with van der Waals surface area (Å²) in [6, 6.07) is 16.8. The van der Waals surface area contributed by atoms with Gasteiger partial charge in [0.15, 0.2) is 5.60 Å². The third-order valence-corrected chi connectivity index (χ3v) is 7.29. The summed E-state index contributed by atoms with van der Waals surface area (Å²) in [6.07, 6.45) is 1.54. The second kappa shape index (κ2) is 9.40. The van der Waals surface area contributed by atoms with Crippen molar-refractivity contribution in [2.75, 3.05) is 18.1 Å². The molecule has 1 amide bonds. The maximum atomic E-state index is 14.2. The summed E-state index contributed by atoms with van der Waals surface area (Å²) in [5.41, 5.74) is 5.53. The molecule has 1 atom stereocenters. The van der Waals surface area contributed by atoms with Gasteiger partial charge >= 0.3 is 0 Å². The summed E-state index contributed by atoms with van der Waals surface area (Å²) in [7, 11) is 0. The van der Waals surface area contributed by atoms with Gasteiger partial charge in [-0.1, -0.05) is 73.7 Å². The molecule has 0 radical (unpaired) electrons. The standard InChI is InChI=1S/C28H29ClN2O3/c1-3-27(4-2,18-30)31-24-16-19(9-7-8-14-32)15-23(29)25(24)28(34,26(31)33)22-13-12-20-10-5-6-11-21(20)17-22/h5-6,10-13,15-17,32,34H,3-4,8,14,18,30H2,1-2H3. The van der Waals surface area contributed by atoms with E-state index in [9.17, 15) is 9.90 Å². The normalized spacial score (nSPS) is 17.6. The van der Waals surface area contributed by atoms with E-state index < -0.39 is 17.0 Å². The van der Waals surface area contributed by atoms with Gasteiger partial charge in [0, 0.05) is 24.1 Å². The number of hydrogen-bond donors (Lipinski definition) is 3. The molecule has 1 heterocycles. The topological polar surface area (TPSA) is 86.8 Å². The predicted octanol–water partition coefficient (Wildman–Crippen LogP) is 4.33. The maximum absolute atomic E-state index is 14.2. The smallest absolute Gasteiger partial charge is 0.269 e. The third-order valence-electron chi connectivity index (χ3n) is 6.99. The molecular formula is C28H29ClN2O3. The molecule has 3 aromatic rings. The quantitative estimate of drug-likeness (QED) is 0.462. The molecule has 176 valence electrons. The molecule has 0 spiro atoms. The number of carbonyl (C=O) groups excluding carboxylic acids is 1. The van der Waals surface area contributed by atoms with Crippen molar-refractivity contribution < 1.29 is 15.0 Å². The van der Waals surface area contributed by atoms with Crippen LogP contribution in [0.25, 0.3) is 10.8 Å². The van der Waals surface area contributed by atoms with Crippen LogP contribution in [0.1, 0.15) is 49.8 Å². The van der Waals surface area contributed by atoms with E-state index in [1.807, 2.05) is 50.2 Å². The Hall–Kier alpha value is -2.88. The highest BCUT2D eigenvalue weighted by Gasteiger charge is 2.57. The van der Waals surface area contributed by atoms with E-state index in [-0.39, 0.29) is 18.2 Å². The third kappa shape index (κ3) is 3.68. The second-order valence-electron chi connectivity index (χ2n) is 8.68. The largest absolute Gasteiger partial charge is 0.395 e. The highest BCUT2D eigenvalue weighted by molar-refractivity contribution is 6.33. The predicted molar refractivity (Wildman–Crippen MR) is 137 cm³/mol. The SMILES string of the molecule is CCC(CC)(CN)N1C(=O)C(O)(c2ccc3ccccc3c2)c2c(Cl)cc(C#CCCO)cc21. The number of fused-ring (bicyclic) bond motifs is 2. The van der Waals surface area contributed by atoms with Crippen molar-refractivity contribution in [3.8, 4) is 11.8 Å². The first-order valence-corrected chi connectivity index (χ1v) is 11.9. The van der Waals surface area contributed by atoms with Crippen LogP contribution in [0.3, 0.4) is 0 Å². The van der Waals surface area contributed by atoms with Crippen molar-refractivity contribution in [2.45, 2.75) is 44.2 Å². The monoisotopic (exact) mass is 476 g/mol. The van der Waals surface area contributed by atoms with Crippen LogP contribution in [-0.4, -0.2) is 34.8 Å². The van der Waals surface area contributed by atoms with Crippen molar-refractivity contribution >= 4 is 34.0 Å². The molecular weight excluding hydrogens is 448 g/mol. The molecule has 5 nitrogen and oxygen atoms in total. The van der Waals surface area contributed by atoms with E-state index in [1.165, 1.54) is 0 Å². The summed E-state index contributed by atoms with van der Waals surface area (Å²) in [5, 5.41) is 23.4. The van der Waals surface area contributed by atoms with Crippen LogP contribution in [0.4, 0.5) is 5.69 Å². The molecule has 4 N–H and O–H groups in total. The number of aliphatic hydroxyl groups is 2. The van der Waals surface area contributed by atoms with Gasteiger partial charge in [0.05, 0.1) is 22.9 Å². The van der Waals surface area contributed by atoms with Crippen LogP contribution in [0.15, 0.2) is 54.6 Å². The highest BCUT2D eigenvalue weighted by atomic mass is 35.5. The highest BCUT2D eigenvalue weighted by Crippen LogP contribution is 2.51. The number of nitrogens with zero attached hydrogens (tertiary/aromatic N) is 1. The van der Waals surface area contributed by atoms with Gasteiger partial charge in [-0.2, -0.15) is 0 Å². The van der Waals surface area contributed by atoms with Crippen molar-refractivity contribution in [2.24, 2.45) is 5.73 Å². The summed E-state index contributed by atoms with van der Waals surface area (Å²) in [4.78, 5) is 15.8. The molecule has 34 heavy (non-hydrogen) atoms. The summed E-state index contributed by atoms with van der Waals surface area (Å²) in [5.74, 6) is 5.44. The van der Waals surface area contributed by atoms with E-state index >= 15 is 0 Å². The summed E-state index contributed by atoms with van der Waals surface area (Å²) in [6.45, 7) is 4.17. The van der Waals surface area contributed by atoms with Gasteiger partial charge in [-0.3, -0.25) is 4.79 Å². The maximum Gasteiger partial charge on any atom is 0.269 e. The van der Waals surface area contributed by atoms with Gasteiger partial charge in [0.25, 0.3) is 5.91 Å². The fraction of sp³-hybridized carbons (Fsp3) is 0.321. The molecule has 6 heteroatoms. The number of nitrogens with two attached hydrogens (primary N) is 1. The van der Waals surface area contributed by atoms with Gasteiger partial charge in [-0.05, 0) is 47.4 Å². The number of benzene rings is 3. The first-order chi connectivity index (χ1) is 16.4. The lowest BCUT2D eigenvalue weighted by atomic mass is 9.85. The molecule has 0 saturated heterocycles. The minimum absolute atomic E-state index is 0.0417. The average molecular weight is 477 g/mol. The fourth-order valence-electron chi connectivity index (χ4n) is 4.90. The number of carbonyl (C=O) groups is 1. The zero-order valence-corrected chi connectivity index (χ0v) is 20.2. The molecule has 4 rings (SSSR count). The van der Waals surface area contributed by atoms with Crippen molar-refractivity contribution in [3.05, 3.63) is 76.3 Å². The first-order valence-electron chi connectivity index (χ1n) is 11.6. The Morgan fingerprint density at radius 3 is 2.44 bits per heavy atom. The van der Waals surface area contributed by atoms with Crippen molar-refractivity contribution in [3.63, 3.8) is 0 Å². The van der Waals surface area contributed by atoms with Gasteiger partial charge < -0.3 is 20.8 Å². The van der Waals surface area contributed by atoms with Gasteiger partial charge in [-0.15, -0.1) is 0 Å². The van der Waals surface area contributed by atoms with E-state index in [1.54, 1.807) is 23.1 Å². The van der Waals surface area contributed by atoms with Crippen LogP contribution in [0.5, 0.6) is 0 Å². The number of aliphatic hydroxyl groups excluding tert-OH is 1. The van der Waals surface area contributed by atoms with Crippen LogP contribution in [-0.2, 0) is 10.4 Å². The molecule has 0 aliphatic carbocycles. The molecule has 1 unspecified atom stereocenters. The van der Waals surface area contributed by atoms with E-state index in [0.717, 1.165) is 10.8 Å². The number of amides is 1. The second-order valence-corrected chi connectivity index (χ2v) is 9.08. The Morgan fingerprint density at radius 1 is 1.09 bits per heavy atom. The van der Waals surface area contributed by atoms with E-state index in [4.69, 9.17) is 22.4 Å². The molecule has 0 saturated carbocycles. The minimum Gasteiger partial charge on any atom is -0.395 e. The number of hydrogen-bond acceptors (Lipinski definition) is 4. The molecule has 0 bridgehead atoms. The van der Waals surface area contributed by atoms with Gasteiger partial charge in [0.2, 0.25) is 0 Å². The van der Waals surface area contributed by atoms with Crippen molar-refractivity contribution in [1.82, 2.24) is 0 Å². The summed E-state index contributed by atoms with van der Waals surface area (Å²) < 4.78 is 0. The Morgan fingerprint density at radius 2 is 1.79 bits per heavy atom. The zero-order chi connectivity index (χ0) is 24.5. The van der Waals surface area contributed by atoms with Crippen LogP contribution in [0, 0.1) is 11.8 Å². The van der Waals surface area contributed by atoms with Gasteiger partial charge in [0.1, 0.15) is 0 Å². The van der Waals surface area contributed by atoms with Crippen LogP contribution in [0.2, 0.25) is 5.02 Å². The van der Waals surface area contributed by atoms with Crippen LogP contribution < -0.4 is 10.6 Å². The van der Waals surface area contributed by atoms with E-state index in [0.29, 0.717) is 41.6 Å². The lowest BCUT2D eigenvalue weighted by Crippen LogP contribution is -2.57. The molecule has 0 fully saturated rings. The first kappa shape index (κ1) is 24.3.